The van der Waals surface area contributed by atoms with Crippen molar-refractivity contribution in [2.45, 2.75) is 46.5 Å². The number of rotatable bonds is 6. The van der Waals surface area contributed by atoms with Gasteiger partial charge in [0, 0.05) is 25.2 Å². The Balaban J connectivity index is 0.0000000968. The van der Waals surface area contributed by atoms with E-state index >= 15 is 0 Å². The molecule has 106 heavy (non-hydrogen) atoms. The van der Waals surface area contributed by atoms with Gasteiger partial charge in [0.25, 0.3) is 0 Å². The molecule has 6 heterocycles. The van der Waals surface area contributed by atoms with Gasteiger partial charge in [-0.05, 0) is 217 Å². The quantitative estimate of drug-likeness (QED) is 0.122. The van der Waals surface area contributed by atoms with Crippen LogP contribution < -0.4 is 14.2 Å². The predicted octanol–water partition coefficient (Wildman–Crippen LogP) is 24.9. The Hall–Kier alpha value is -13.4. The molecule has 8 aliphatic rings. The van der Waals surface area contributed by atoms with E-state index in [9.17, 15) is 0 Å². The molecule has 0 bridgehead atoms. The normalized spacial score (nSPS) is 15.3. The van der Waals surface area contributed by atoms with Crippen molar-refractivity contribution in [3.05, 3.63) is 330 Å². The maximum atomic E-state index is 6.49. The van der Waals surface area contributed by atoms with Crippen LogP contribution in [0.5, 0.6) is 34.5 Å². The number of benzene rings is 14. The number of allylic oxidation sites excluding steroid dienone is 14. The van der Waals surface area contributed by atoms with Crippen LogP contribution in [0.15, 0.2) is 307 Å². The lowest BCUT2D eigenvalue weighted by Crippen LogP contribution is -2.22. The first-order valence-electron chi connectivity index (χ1n) is 37.1. The molecular weight excluding hydrogens is 1300 g/mol. The van der Waals surface area contributed by atoms with Gasteiger partial charge < -0.3 is 14.2 Å². The Kier molecular flexibility index (Phi) is 12.5. The van der Waals surface area contributed by atoms with E-state index < -0.39 is 0 Å². The Labute approximate surface area is 610 Å². The van der Waals surface area contributed by atoms with Gasteiger partial charge in [0.15, 0.2) is 34.5 Å². The van der Waals surface area contributed by atoms with E-state index in [-0.39, 0.29) is 0 Å². The SMILES string of the molecule is CCc1nc2cccc3c2n1-c1ccc(-c2ccc4c5c(cccc25)-c2ccccc2-4)cc1O3.CCc1nc2cccc3c2n1-c1ccc(-c2ccc4c5cccc6cccc(c7cccc2c74)c65)cc1O3.CCc1nc2cccc3c2n1-c1ccc(C2=C4C=CC=C5C=CC6=C(C(=C2)CC=C6)C54)cc1O3. The number of nitrogens with zero attached hydrogens (tertiary/aromatic N) is 6. The summed E-state index contributed by atoms with van der Waals surface area (Å²) >= 11 is 0. The van der Waals surface area contributed by atoms with Crippen LogP contribution in [0.25, 0.3) is 154 Å². The van der Waals surface area contributed by atoms with Crippen LogP contribution in [-0.4, -0.2) is 28.7 Å². The van der Waals surface area contributed by atoms with E-state index in [0.717, 1.165) is 139 Å². The smallest absolute Gasteiger partial charge is 0.153 e. The van der Waals surface area contributed by atoms with E-state index in [2.05, 4.69) is 277 Å². The number of aromatic nitrogens is 6. The molecule has 17 aromatic rings. The van der Waals surface area contributed by atoms with Gasteiger partial charge in [0.05, 0.1) is 33.6 Å². The number of aryl methyl sites for hydroxylation is 3. The molecule has 0 fully saturated rings. The number of hydrogen-bond donors (Lipinski definition) is 0. The van der Waals surface area contributed by atoms with Gasteiger partial charge in [-0.3, -0.25) is 13.7 Å². The molecule has 5 aliphatic carbocycles. The lowest BCUT2D eigenvalue weighted by atomic mass is 9.66. The molecule has 0 saturated carbocycles. The van der Waals surface area contributed by atoms with Crippen LogP contribution in [0.4, 0.5) is 0 Å². The third kappa shape index (κ3) is 8.33. The lowest BCUT2D eigenvalue weighted by Gasteiger charge is -2.37. The summed E-state index contributed by atoms with van der Waals surface area (Å²) < 4.78 is 26.2. The molecule has 3 aliphatic heterocycles. The van der Waals surface area contributed by atoms with Crippen molar-refractivity contribution in [3.63, 3.8) is 0 Å². The molecule has 3 aromatic heterocycles. The summed E-state index contributed by atoms with van der Waals surface area (Å²) in [4.78, 5) is 14.6. The first kappa shape index (κ1) is 59.2. The minimum Gasteiger partial charge on any atom is -0.453 e. The monoisotopic (exact) mass is 1360 g/mol. The molecule has 9 heteroatoms. The maximum Gasteiger partial charge on any atom is 0.153 e. The van der Waals surface area contributed by atoms with Gasteiger partial charge in [0.1, 0.15) is 34.0 Å². The molecule has 0 amide bonds. The summed E-state index contributed by atoms with van der Waals surface area (Å²) in [7, 11) is 0. The summed E-state index contributed by atoms with van der Waals surface area (Å²) in [6, 6.07) is 82.7. The second kappa shape index (κ2) is 22.3. The molecule has 1 unspecified atom stereocenters. The van der Waals surface area contributed by atoms with Gasteiger partial charge in [0.2, 0.25) is 0 Å². The summed E-state index contributed by atoms with van der Waals surface area (Å²) in [5, 5.41) is 13.1. The zero-order chi connectivity index (χ0) is 69.7. The highest BCUT2D eigenvalue weighted by atomic mass is 16.5. The highest BCUT2D eigenvalue weighted by Gasteiger charge is 2.36. The van der Waals surface area contributed by atoms with E-state index in [4.69, 9.17) is 29.2 Å². The topological polar surface area (TPSA) is 81.1 Å². The minimum absolute atomic E-state index is 0.322. The molecule has 0 spiro atoms. The van der Waals surface area contributed by atoms with Crippen molar-refractivity contribution in [2.75, 3.05) is 0 Å². The number of imidazole rings is 3. The first-order valence-corrected chi connectivity index (χ1v) is 37.1. The van der Waals surface area contributed by atoms with Crippen molar-refractivity contribution in [1.29, 1.82) is 0 Å². The number of para-hydroxylation sites is 3. The van der Waals surface area contributed by atoms with Crippen molar-refractivity contribution < 1.29 is 14.2 Å². The Morgan fingerprint density at radius 1 is 0.377 bits per heavy atom. The van der Waals surface area contributed by atoms with E-state index in [1.165, 1.54) is 126 Å². The molecular formula is C97H64N6O3. The van der Waals surface area contributed by atoms with Crippen LogP contribution in [0, 0.1) is 5.92 Å². The van der Waals surface area contributed by atoms with Crippen LogP contribution in [0.2, 0.25) is 0 Å². The van der Waals surface area contributed by atoms with E-state index in [1.807, 2.05) is 36.4 Å². The number of ether oxygens (including phenoxy) is 3. The van der Waals surface area contributed by atoms with E-state index in [1.54, 1.807) is 0 Å². The molecule has 9 nitrogen and oxygen atoms in total. The van der Waals surface area contributed by atoms with Gasteiger partial charge >= 0.3 is 0 Å². The Bertz CT molecular complexity index is 7010. The number of fused-ring (bicyclic) bond motifs is 11. The molecule has 25 rings (SSSR count). The fourth-order valence-electron chi connectivity index (χ4n) is 18.7. The fraction of sp³-hybridized carbons (Fsp3) is 0.0825. The largest absolute Gasteiger partial charge is 0.453 e. The standard InChI is InChI=1S/C35H22N2O.C31H22N2O.C31H20N2O/c1-2-32-36-28-13-6-14-30-35(28)37(32)29-18-15-21(19-31(29)38-30)22-16-17-27-25-10-4-8-20-7-3-9-24(33(20)25)26-12-5-11-23(22)34(26)27;1-2-28-32-24-10-5-11-26-31(24)33(28)25-15-14-20(17-27(25)34-26)23-16-21-8-3-6-18-12-13-19-7-4-9-22(23)30(19)29(18)21;1-2-29-32-25-11-6-12-27-31(25)33(29)26-16-13-18(17-28(26)34-27)19-14-15-24-21-8-4-3-7-20(21)23-10-5-9-22(19)30(23)24/h3-19H,2H2,1H3;3-7,9-17,30H,2,8H2,1H3;3-17H,2H2,1H3. The summed E-state index contributed by atoms with van der Waals surface area (Å²) in [6.07, 6.45) is 21.9. The van der Waals surface area contributed by atoms with Crippen LogP contribution in [0.1, 0.15) is 50.2 Å². The molecule has 0 N–H and O–H groups in total. The zero-order valence-electron chi connectivity index (χ0n) is 58.4. The van der Waals surface area contributed by atoms with Crippen LogP contribution in [0.3, 0.4) is 0 Å². The summed E-state index contributed by atoms with van der Waals surface area (Å²) in [6.45, 7) is 6.46. The first-order chi connectivity index (χ1) is 52.4. The third-order valence-corrected chi connectivity index (χ3v) is 23.2. The third-order valence-electron chi connectivity index (χ3n) is 23.2. The second-order valence-corrected chi connectivity index (χ2v) is 28.7. The van der Waals surface area contributed by atoms with Gasteiger partial charge in [-0.15, -0.1) is 0 Å². The van der Waals surface area contributed by atoms with Crippen molar-refractivity contribution in [3.8, 4) is 96.1 Å². The van der Waals surface area contributed by atoms with E-state index in [0.29, 0.717) is 5.92 Å². The predicted molar refractivity (Wildman–Crippen MR) is 431 cm³/mol. The van der Waals surface area contributed by atoms with Crippen molar-refractivity contribution in [2.24, 2.45) is 5.92 Å². The number of hydrogen-bond acceptors (Lipinski definition) is 6. The van der Waals surface area contributed by atoms with Crippen LogP contribution >= 0.6 is 0 Å². The van der Waals surface area contributed by atoms with Gasteiger partial charge in [-0.1, -0.05) is 227 Å². The summed E-state index contributed by atoms with van der Waals surface area (Å²) in [5.74, 6) is 8.73. The lowest BCUT2D eigenvalue weighted by molar-refractivity contribution is 0.474. The molecule has 1 atom stereocenters. The van der Waals surface area contributed by atoms with Crippen LogP contribution in [-0.2, 0) is 19.3 Å². The minimum atomic E-state index is 0.322. The Morgan fingerprint density at radius 2 is 0.840 bits per heavy atom. The zero-order valence-corrected chi connectivity index (χ0v) is 58.4. The maximum absolute atomic E-state index is 6.49. The highest BCUT2D eigenvalue weighted by molar-refractivity contribution is 6.34. The molecule has 14 aromatic carbocycles. The average Bonchev–Trinajstić information content (AvgIpc) is 1.12. The second-order valence-electron chi connectivity index (χ2n) is 28.7. The van der Waals surface area contributed by atoms with Crippen molar-refractivity contribution >= 4 is 92.5 Å². The highest BCUT2D eigenvalue weighted by Crippen LogP contribution is 2.55. The fourth-order valence-corrected chi connectivity index (χ4v) is 18.7. The molecule has 500 valence electrons. The van der Waals surface area contributed by atoms with Gasteiger partial charge in [-0.2, -0.15) is 0 Å². The average molecular weight is 1360 g/mol. The molecule has 0 saturated heterocycles. The summed E-state index contributed by atoms with van der Waals surface area (Å²) in [5.41, 5.74) is 28.9. The Morgan fingerprint density at radius 3 is 1.42 bits per heavy atom. The van der Waals surface area contributed by atoms with Gasteiger partial charge in [-0.25, -0.2) is 15.0 Å². The van der Waals surface area contributed by atoms with Crippen molar-refractivity contribution in [1.82, 2.24) is 28.7 Å². The molecule has 0 radical (unpaired) electrons.